The summed E-state index contributed by atoms with van der Waals surface area (Å²) >= 11 is 0. The molecule has 0 N–H and O–H groups in total. The van der Waals surface area contributed by atoms with E-state index in [1.807, 2.05) is 0 Å². The van der Waals surface area contributed by atoms with Crippen LogP contribution in [0.15, 0.2) is 12.7 Å². The van der Waals surface area contributed by atoms with Crippen LogP contribution in [0.5, 0.6) is 0 Å². The van der Waals surface area contributed by atoms with Crippen LogP contribution < -0.4 is 0 Å². The molecule has 0 radical (unpaired) electrons. The van der Waals surface area contributed by atoms with Gasteiger partial charge in [0.2, 0.25) is 0 Å². The fourth-order valence-electron chi connectivity index (χ4n) is 2.38. The first-order chi connectivity index (χ1) is 10.1. The Kier molecular flexibility index (Phi) is 12.6. The third-order valence-corrected chi connectivity index (χ3v) is 8.98. The molecule has 0 saturated carbocycles. The molecule has 0 unspecified atom stereocenters. The Morgan fingerprint density at radius 3 is 1.76 bits per heavy atom. The molecule has 0 aromatic heterocycles. The van der Waals surface area contributed by atoms with Crippen LogP contribution in [0, 0.1) is 0 Å². The molecule has 0 fully saturated rings. The quantitative estimate of drug-likeness (QED) is 0.213. The summed E-state index contributed by atoms with van der Waals surface area (Å²) in [5, 5.41) is 0. The van der Waals surface area contributed by atoms with E-state index in [0.717, 1.165) is 50.4 Å². The molecular weight excluding hydrogens is 288 g/mol. The molecule has 0 aliphatic carbocycles. The minimum atomic E-state index is -1.53. The van der Waals surface area contributed by atoms with E-state index in [1.165, 1.54) is 6.08 Å². The highest BCUT2D eigenvalue weighted by Crippen LogP contribution is 2.28. The van der Waals surface area contributed by atoms with Gasteiger partial charge in [0.1, 0.15) is 0 Å². The molecule has 0 aromatic rings. The average molecular weight is 318 g/mol. The second-order valence-electron chi connectivity index (χ2n) is 5.20. The Balaban J connectivity index is 4.47. The maximum absolute atomic E-state index is 11.1. The van der Waals surface area contributed by atoms with Gasteiger partial charge in [-0.05, 0) is 24.6 Å². The third kappa shape index (κ3) is 9.79. The topological polar surface area (TPSA) is 54.0 Å². The van der Waals surface area contributed by atoms with Crippen molar-refractivity contribution in [3.05, 3.63) is 12.7 Å². The minimum Gasteiger partial charge on any atom is -0.463 e. The third-order valence-electron chi connectivity index (χ3n) is 3.77. The second-order valence-corrected chi connectivity index (χ2v) is 10.2. The highest BCUT2D eigenvalue weighted by Gasteiger charge is 2.31. The zero-order valence-electron chi connectivity index (χ0n) is 13.7. The van der Waals surface area contributed by atoms with E-state index in [9.17, 15) is 4.79 Å². The van der Waals surface area contributed by atoms with Crippen molar-refractivity contribution in [2.75, 3.05) is 47.8 Å². The lowest BCUT2D eigenvalue weighted by molar-refractivity contribution is -0.137. The standard InChI is InChI=1S/C15H30O5Si/c1-5-15(16)20-7-6-11-21(12-8-17-2,13-9-18-3)14-10-19-4/h5H,1,6-14H2,2-4H3. The molecule has 0 amide bonds. The first-order valence-electron chi connectivity index (χ1n) is 7.40. The van der Waals surface area contributed by atoms with Gasteiger partial charge in [-0.3, -0.25) is 0 Å². The van der Waals surface area contributed by atoms with Crippen molar-refractivity contribution < 1.29 is 23.7 Å². The van der Waals surface area contributed by atoms with Crippen molar-refractivity contribution in [1.82, 2.24) is 0 Å². The Morgan fingerprint density at radius 2 is 1.38 bits per heavy atom. The molecule has 0 aromatic carbocycles. The number of methoxy groups -OCH3 is 3. The van der Waals surface area contributed by atoms with Gasteiger partial charge in [-0.25, -0.2) is 4.79 Å². The van der Waals surface area contributed by atoms with Crippen molar-refractivity contribution in [2.45, 2.75) is 30.6 Å². The average Bonchev–Trinajstić information content (AvgIpc) is 2.52. The Morgan fingerprint density at radius 1 is 0.905 bits per heavy atom. The van der Waals surface area contributed by atoms with Crippen molar-refractivity contribution >= 4 is 14.0 Å². The molecule has 0 saturated heterocycles. The fourth-order valence-corrected chi connectivity index (χ4v) is 6.69. The summed E-state index contributed by atoms with van der Waals surface area (Å²) in [6.07, 6.45) is 2.08. The van der Waals surface area contributed by atoms with Crippen LogP contribution in [0.2, 0.25) is 24.2 Å². The number of carbonyl (C=O) groups is 1. The zero-order valence-corrected chi connectivity index (χ0v) is 14.7. The van der Waals surface area contributed by atoms with Crippen molar-refractivity contribution in [3.8, 4) is 0 Å². The number of rotatable bonds is 14. The summed E-state index contributed by atoms with van der Waals surface area (Å²) in [7, 11) is 3.67. The van der Waals surface area contributed by atoms with Gasteiger partial charge in [-0.15, -0.1) is 0 Å². The summed E-state index contributed by atoms with van der Waals surface area (Å²) in [6, 6.07) is 4.36. The van der Waals surface area contributed by atoms with E-state index in [2.05, 4.69) is 6.58 Å². The van der Waals surface area contributed by atoms with E-state index < -0.39 is 8.07 Å². The van der Waals surface area contributed by atoms with Gasteiger partial charge >= 0.3 is 5.97 Å². The molecule has 0 aliphatic heterocycles. The summed E-state index contributed by atoms with van der Waals surface area (Å²) in [6.45, 7) is 6.15. The molecule has 0 bridgehead atoms. The van der Waals surface area contributed by atoms with E-state index in [1.54, 1.807) is 21.3 Å². The molecule has 5 nitrogen and oxygen atoms in total. The van der Waals surface area contributed by atoms with E-state index in [4.69, 9.17) is 18.9 Å². The SMILES string of the molecule is C=CC(=O)OCCC[Si](CCOC)(CCOC)CCOC. The maximum Gasteiger partial charge on any atom is 0.330 e. The van der Waals surface area contributed by atoms with E-state index in [0.29, 0.717) is 6.61 Å². The van der Waals surface area contributed by atoms with E-state index in [-0.39, 0.29) is 5.97 Å². The van der Waals surface area contributed by atoms with E-state index >= 15 is 0 Å². The van der Waals surface area contributed by atoms with Gasteiger partial charge in [-0.2, -0.15) is 0 Å². The van der Waals surface area contributed by atoms with Crippen LogP contribution in [0.25, 0.3) is 0 Å². The molecule has 0 aliphatic rings. The molecule has 124 valence electrons. The van der Waals surface area contributed by atoms with Gasteiger partial charge in [0.05, 0.1) is 14.7 Å². The Labute approximate surface area is 129 Å². The summed E-state index contributed by atoms with van der Waals surface area (Å²) < 4.78 is 20.9. The Bertz CT molecular complexity index is 261. The summed E-state index contributed by atoms with van der Waals surface area (Å²) in [5.41, 5.74) is 0. The predicted molar refractivity (Wildman–Crippen MR) is 86.4 cm³/mol. The van der Waals surface area contributed by atoms with Gasteiger partial charge in [0, 0.05) is 47.2 Å². The molecule has 0 atom stereocenters. The van der Waals surface area contributed by atoms with Crippen LogP contribution in [-0.2, 0) is 23.7 Å². The lowest BCUT2D eigenvalue weighted by atomic mass is 10.5. The van der Waals surface area contributed by atoms with Crippen molar-refractivity contribution in [2.24, 2.45) is 0 Å². The lowest BCUT2D eigenvalue weighted by Gasteiger charge is -2.31. The first-order valence-corrected chi connectivity index (χ1v) is 10.2. The number of hydrogen-bond acceptors (Lipinski definition) is 5. The molecule has 21 heavy (non-hydrogen) atoms. The van der Waals surface area contributed by atoms with Crippen LogP contribution in [0.3, 0.4) is 0 Å². The highest BCUT2D eigenvalue weighted by atomic mass is 28.3. The van der Waals surface area contributed by atoms with Gasteiger partial charge in [0.15, 0.2) is 0 Å². The normalized spacial score (nSPS) is 11.4. The van der Waals surface area contributed by atoms with Gasteiger partial charge < -0.3 is 18.9 Å². The zero-order chi connectivity index (χ0) is 16.0. The smallest absolute Gasteiger partial charge is 0.330 e. The van der Waals surface area contributed by atoms with Crippen LogP contribution in [0.1, 0.15) is 6.42 Å². The van der Waals surface area contributed by atoms with Crippen LogP contribution >= 0.6 is 0 Å². The number of carbonyl (C=O) groups excluding carboxylic acids is 1. The molecule has 0 rings (SSSR count). The predicted octanol–water partition coefficient (Wildman–Crippen LogP) is 2.49. The highest BCUT2D eigenvalue weighted by molar-refractivity contribution is 6.80. The van der Waals surface area contributed by atoms with Crippen LogP contribution in [0.4, 0.5) is 0 Å². The maximum atomic E-state index is 11.1. The Hall–Kier alpha value is -0.693. The molecular formula is C15H30O5Si. The minimum absolute atomic E-state index is 0.354. The molecule has 0 spiro atoms. The van der Waals surface area contributed by atoms with Crippen LogP contribution in [-0.4, -0.2) is 61.8 Å². The summed E-state index contributed by atoms with van der Waals surface area (Å²) in [4.78, 5) is 11.1. The molecule has 0 heterocycles. The largest absolute Gasteiger partial charge is 0.463 e. The van der Waals surface area contributed by atoms with Gasteiger partial charge in [0.25, 0.3) is 0 Å². The van der Waals surface area contributed by atoms with Crippen molar-refractivity contribution in [1.29, 1.82) is 0 Å². The monoisotopic (exact) mass is 318 g/mol. The number of ether oxygens (including phenoxy) is 4. The fraction of sp³-hybridized carbons (Fsp3) is 0.800. The number of hydrogen-bond donors (Lipinski definition) is 0. The summed E-state index contributed by atoms with van der Waals surface area (Å²) in [5.74, 6) is -0.354. The molecule has 6 heteroatoms. The lowest BCUT2D eigenvalue weighted by Crippen LogP contribution is -2.38. The van der Waals surface area contributed by atoms with Gasteiger partial charge in [-0.1, -0.05) is 12.6 Å². The van der Waals surface area contributed by atoms with Crippen molar-refractivity contribution in [3.63, 3.8) is 0 Å². The second kappa shape index (κ2) is 13.0. The number of esters is 1. The first kappa shape index (κ1) is 20.3.